The van der Waals surface area contributed by atoms with Crippen LogP contribution in [0.3, 0.4) is 0 Å². The highest BCUT2D eigenvalue weighted by molar-refractivity contribution is 5.87. The van der Waals surface area contributed by atoms with Crippen LogP contribution in [0.15, 0.2) is 24.3 Å². The van der Waals surface area contributed by atoms with Gasteiger partial charge in [-0.15, -0.1) is 0 Å². The predicted molar refractivity (Wildman–Crippen MR) is 49.8 cm³/mol. The van der Waals surface area contributed by atoms with Crippen molar-refractivity contribution in [1.82, 2.24) is 0 Å². The maximum absolute atomic E-state index is 10.2. The zero-order chi connectivity index (χ0) is 11.8. The van der Waals surface area contributed by atoms with Crippen LogP contribution < -0.4 is 0 Å². The van der Waals surface area contributed by atoms with E-state index < -0.39 is 18.5 Å². The van der Waals surface area contributed by atoms with E-state index in [1.165, 1.54) is 24.3 Å². The molecule has 1 aromatic carbocycles. The molecule has 0 unspecified atom stereocenters. The lowest BCUT2D eigenvalue weighted by Crippen LogP contribution is -1.98. The van der Waals surface area contributed by atoms with E-state index in [0.717, 1.165) is 0 Å². The molecular formula is C9H10O6. The summed E-state index contributed by atoms with van der Waals surface area (Å²) in [6, 6.07) is 5.36. The van der Waals surface area contributed by atoms with Crippen molar-refractivity contribution < 1.29 is 30.0 Å². The van der Waals surface area contributed by atoms with Crippen LogP contribution in [0.25, 0.3) is 0 Å². The van der Waals surface area contributed by atoms with E-state index in [1.54, 1.807) is 0 Å². The molecule has 1 aromatic rings. The number of phenolic OH excluding ortho intramolecular Hbond substituents is 1. The average molecular weight is 214 g/mol. The SMILES string of the molecule is O=C(O)CO.O=C(O)c1ccc(O)cc1. The number of carboxylic acid groups (broad SMARTS) is 2. The average Bonchev–Trinajstić information content (AvgIpc) is 2.19. The molecule has 0 atom stereocenters. The van der Waals surface area contributed by atoms with Crippen molar-refractivity contribution >= 4 is 11.9 Å². The van der Waals surface area contributed by atoms with Crippen LogP contribution in [0.5, 0.6) is 5.75 Å². The highest BCUT2D eigenvalue weighted by Crippen LogP contribution is 2.08. The molecule has 0 aliphatic carbocycles. The standard InChI is InChI=1S/C7H6O3.C2H4O3/c8-6-3-1-5(2-4-6)7(9)10;3-1-2(4)5/h1-4,8H,(H,9,10);3H,1H2,(H,4,5). The molecular weight excluding hydrogens is 204 g/mol. The summed E-state index contributed by atoms with van der Waals surface area (Å²) >= 11 is 0. The summed E-state index contributed by atoms with van der Waals surface area (Å²) in [6.45, 7) is -0.778. The Morgan fingerprint density at radius 1 is 1.07 bits per heavy atom. The van der Waals surface area contributed by atoms with Crippen molar-refractivity contribution in [2.75, 3.05) is 6.61 Å². The molecule has 0 spiro atoms. The number of carboxylic acids is 2. The number of benzene rings is 1. The lowest BCUT2D eigenvalue weighted by atomic mass is 10.2. The fourth-order valence-electron chi connectivity index (χ4n) is 0.604. The third-order valence-electron chi connectivity index (χ3n) is 1.25. The molecule has 0 saturated heterocycles. The Bertz CT molecular complexity index is 329. The van der Waals surface area contributed by atoms with Gasteiger partial charge < -0.3 is 20.4 Å². The largest absolute Gasteiger partial charge is 0.508 e. The van der Waals surface area contributed by atoms with Crippen LogP contribution in [-0.4, -0.2) is 39.0 Å². The van der Waals surface area contributed by atoms with Gasteiger partial charge in [0.25, 0.3) is 0 Å². The van der Waals surface area contributed by atoms with Crippen LogP contribution in [0.1, 0.15) is 10.4 Å². The molecule has 0 aromatic heterocycles. The third kappa shape index (κ3) is 6.05. The second-order valence-electron chi connectivity index (χ2n) is 2.40. The Labute approximate surface area is 85.0 Å². The van der Waals surface area contributed by atoms with E-state index in [-0.39, 0.29) is 11.3 Å². The number of aliphatic hydroxyl groups is 1. The number of hydrogen-bond donors (Lipinski definition) is 4. The minimum Gasteiger partial charge on any atom is -0.508 e. The fraction of sp³-hybridized carbons (Fsp3) is 0.111. The maximum atomic E-state index is 10.2. The van der Waals surface area contributed by atoms with Crippen molar-refractivity contribution in [2.24, 2.45) is 0 Å². The number of aliphatic hydroxyl groups excluding tert-OH is 1. The summed E-state index contributed by atoms with van der Waals surface area (Å²) in [5, 5.41) is 32.2. The van der Waals surface area contributed by atoms with Gasteiger partial charge >= 0.3 is 11.9 Å². The first-order chi connectivity index (χ1) is 6.97. The first kappa shape index (κ1) is 12.9. The molecule has 6 heteroatoms. The molecule has 0 aliphatic heterocycles. The Morgan fingerprint density at radius 3 is 1.73 bits per heavy atom. The quantitative estimate of drug-likeness (QED) is 0.557. The minimum absolute atomic E-state index is 0.0741. The Balaban J connectivity index is 0.000000336. The Kier molecular flexibility index (Phi) is 5.50. The predicted octanol–water partition coefficient (Wildman–Crippen LogP) is 0.154. The summed E-state index contributed by atoms with van der Waals surface area (Å²) in [4.78, 5) is 19.3. The molecule has 0 saturated carbocycles. The van der Waals surface area contributed by atoms with Crippen LogP contribution >= 0.6 is 0 Å². The minimum atomic E-state index is -1.19. The topological polar surface area (TPSA) is 115 Å². The summed E-state index contributed by atoms with van der Waals surface area (Å²) in [5.41, 5.74) is 0.179. The number of hydrogen-bond acceptors (Lipinski definition) is 4. The summed E-state index contributed by atoms with van der Waals surface area (Å²) in [6.07, 6.45) is 0. The van der Waals surface area contributed by atoms with Crippen LogP contribution in [-0.2, 0) is 4.79 Å². The van der Waals surface area contributed by atoms with Crippen molar-refractivity contribution in [3.8, 4) is 5.75 Å². The summed E-state index contributed by atoms with van der Waals surface area (Å²) < 4.78 is 0. The zero-order valence-corrected chi connectivity index (χ0v) is 7.62. The van der Waals surface area contributed by atoms with Gasteiger partial charge in [-0.05, 0) is 24.3 Å². The highest BCUT2D eigenvalue weighted by Gasteiger charge is 1.99. The molecule has 6 nitrogen and oxygen atoms in total. The molecule has 82 valence electrons. The molecule has 0 heterocycles. The van der Waals surface area contributed by atoms with E-state index in [4.69, 9.17) is 25.2 Å². The molecule has 0 aliphatic rings. The van der Waals surface area contributed by atoms with E-state index in [0.29, 0.717) is 0 Å². The number of aliphatic carboxylic acids is 1. The molecule has 0 fully saturated rings. The molecule has 0 radical (unpaired) electrons. The van der Waals surface area contributed by atoms with Crippen LogP contribution in [0, 0.1) is 0 Å². The second kappa shape index (κ2) is 6.39. The van der Waals surface area contributed by atoms with Gasteiger partial charge in [0.05, 0.1) is 5.56 Å². The normalized spacial score (nSPS) is 8.60. The van der Waals surface area contributed by atoms with Crippen molar-refractivity contribution in [1.29, 1.82) is 0 Å². The van der Waals surface area contributed by atoms with Gasteiger partial charge in [-0.3, -0.25) is 0 Å². The third-order valence-corrected chi connectivity index (χ3v) is 1.25. The summed E-state index contributed by atoms with van der Waals surface area (Å²) in [5.74, 6) is -2.10. The maximum Gasteiger partial charge on any atom is 0.335 e. The van der Waals surface area contributed by atoms with Gasteiger partial charge in [0, 0.05) is 0 Å². The smallest absolute Gasteiger partial charge is 0.335 e. The number of phenols is 1. The van der Waals surface area contributed by atoms with E-state index in [9.17, 15) is 4.79 Å². The molecule has 0 amide bonds. The van der Waals surface area contributed by atoms with Gasteiger partial charge in [0.1, 0.15) is 12.4 Å². The number of aromatic hydroxyl groups is 1. The lowest BCUT2D eigenvalue weighted by Gasteiger charge is -1.92. The van der Waals surface area contributed by atoms with Gasteiger partial charge in [-0.1, -0.05) is 0 Å². The Morgan fingerprint density at radius 2 is 1.47 bits per heavy atom. The molecule has 0 bridgehead atoms. The lowest BCUT2D eigenvalue weighted by molar-refractivity contribution is -0.140. The highest BCUT2D eigenvalue weighted by atomic mass is 16.4. The Hall–Kier alpha value is -2.08. The first-order valence-corrected chi connectivity index (χ1v) is 3.82. The van der Waals surface area contributed by atoms with Crippen LogP contribution in [0.2, 0.25) is 0 Å². The van der Waals surface area contributed by atoms with Crippen molar-refractivity contribution in [2.45, 2.75) is 0 Å². The van der Waals surface area contributed by atoms with Gasteiger partial charge in [0.15, 0.2) is 0 Å². The summed E-state index contributed by atoms with van der Waals surface area (Å²) in [7, 11) is 0. The fourth-order valence-corrected chi connectivity index (χ4v) is 0.604. The molecule has 15 heavy (non-hydrogen) atoms. The van der Waals surface area contributed by atoms with Crippen LogP contribution in [0.4, 0.5) is 0 Å². The van der Waals surface area contributed by atoms with Crippen molar-refractivity contribution in [3.63, 3.8) is 0 Å². The zero-order valence-electron chi connectivity index (χ0n) is 7.62. The van der Waals surface area contributed by atoms with E-state index >= 15 is 0 Å². The number of rotatable bonds is 2. The van der Waals surface area contributed by atoms with Gasteiger partial charge in [-0.25, -0.2) is 9.59 Å². The molecule has 4 N–H and O–H groups in total. The van der Waals surface area contributed by atoms with E-state index in [2.05, 4.69) is 0 Å². The van der Waals surface area contributed by atoms with E-state index in [1.807, 2.05) is 0 Å². The second-order valence-corrected chi connectivity index (χ2v) is 2.40. The van der Waals surface area contributed by atoms with Gasteiger partial charge in [-0.2, -0.15) is 0 Å². The monoisotopic (exact) mass is 214 g/mol. The number of aromatic carboxylic acids is 1. The first-order valence-electron chi connectivity index (χ1n) is 3.82. The van der Waals surface area contributed by atoms with Crippen molar-refractivity contribution in [3.05, 3.63) is 29.8 Å². The van der Waals surface area contributed by atoms with Gasteiger partial charge in [0.2, 0.25) is 0 Å². The number of carbonyl (C=O) groups is 2. The molecule has 1 rings (SSSR count).